The number of halogens is 5. The van der Waals surface area contributed by atoms with E-state index in [9.17, 15) is 13.2 Å². The van der Waals surface area contributed by atoms with Gasteiger partial charge in [0, 0.05) is 0 Å². The van der Waals surface area contributed by atoms with Crippen LogP contribution in [0.4, 0.5) is 18.9 Å². The van der Waals surface area contributed by atoms with Crippen molar-refractivity contribution in [1.82, 2.24) is 0 Å². The van der Waals surface area contributed by atoms with Gasteiger partial charge in [-0.05, 0) is 23.3 Å². The number of nitrogens with two attached hydrogens (primary N) is 2. The summed E-state index contributed by atoms with van der Waals surface area (Å²) in [4.78, 5) is 0. The molecule has 98 valence electrons. The number of anilines is 1. The molecule has 1 aromatic carbocycles. The van der Waals surface area contributed by atoms with E-state index in [-0.39, 0.29) is 16.9 Å². The molecule has 0 heterocycles. The summed E-state index contributed by atoms with van der Waals surface area (Å²) in [6.07, 6.45) is -4.74. The fourth-order valence-electron chi connectivity index (χ4n) is 1.26. The lowest BCUT2D eigenvalue weighted by molar-refractivity contribution is -0.137. The predicted octanol–water partition coefficient (Wildman–Crippen LogP) is 2.11. The summed E-state index contributed by atoms with van der Waals surface area (Å²) in [5.74, 6) is 5.50. The largest absolute Gasteiger partial charge is 0.419 e. The van der Waals surface area contributed by atoms with Gasteiger partial charge in [-0.1, -0.05) is 23.2 Å². The molecule has 3 nitrogen and oxygen atoms in total. The Kier molecular flexibility index (Phi) is 4.71. The number of hydrogen-bond acceptors (Lipinski definition) is 3. The average Bonchev–Trinajstić information content (AvgIpc) is 2.25. The molecule has 0 aliphatic carbocycles. The van der Waals surface area contributed by atoms with Gasteiger partial charge in [0.05, 0.1) is 21.3 Å². The highest BCUT2D eigenvalue weighted by Crippen LogP contribution is 2.43. The fourth-order valence-corrected chi connectivity index (χ4v) is 1.93. The highest BCUT2D eigenvalue weighted by molar-refractivity contribution is 6.38. The maximum atomic E-state index is 12.8. The van der Waals surface area contributed by atoms with E-state index in [0.29, 0.717) is 5.01 Å². The molecular weight excluding hydrogens is 300 g/mol. The first-order chi connectivity index (χ1) is 8.57. The molecule has 10 heteroatoms. The molecule has 0 fully saturated rings. The number of benzene rings is 1. The molecule has 0 spiro atoms. The van der Waals surface area contributed by atoms with E-state index in [1.165, 1.54) is 0 Å². The Morgan fingerprint density at radius 1 is 1.21 bits per heavy atom. The zero-order chi connectivity index (χ0) is 15.0. The Morgan fingerprint density at radius 3 is 2.16 bits per heavy atom. The van der Waals surface area contributed by atoms with Gasteiger partial charge in [0.15, 0.2) is 0 Å². The van der Waals surface area contributed by atoms with Crippen LogP contribution in [0.1, 0.15) is 5.56 Å². The number of rotatable bonds is 2. The van der Waals surface area contributed by atoms with Crippen LogP contribution in [0.2, 0.25) is 10.0 Å². The summed E-state index contributed by atoms with van der Waals surface area (Å²) in [5.41, 5.74) is 3.05. The lowest BCUT2D eigenvalue weighted by Gasteiger charge is -2.24. The second-order valence-corrected chi connectivity index (χ2v) is 4.25. The van der Waals surface area contributed by atoms with Gasteiger partial charge in [-0.3, -0.25) is 5.01 Å². The second kappa shape index (κ2) is 5.56. The Hall–Kier alpha value is -0.980. The molecule has 1 rings (SSSR count). The lowest BCUT2D eigenvalue weighted by atomic mass is 9.91. The molecule has 0 aromatic heterocycles. The van der Waals surface area contributed by atoms with Crippen molar-refractivity contribution in [3.05, 3.63) is 38.9 Å². The Balaban J connectivity index is 3.46. The molecule has 1 aromatic rings. The second-order valence-electron chi connectivity index (χ2n) is 3.46. The minimum absolute atomic E-state index is 0.232. The van der Waals surface area contributed by atoms with Gasteiger partial charge in [0.2, 0.25) is 0 Å². The van der Waals surface area contributed by atoms with Crippen molar-refractivity contribution in [2.75, 3.05) is 5.01 Å². The molecule has 0 atom stereocenters. The van der Waals surface area contributed by atoms with Gasteiger partial charge in [-0.25, -0.2) is 5.84 Å². The maximum Gasteiger partial charge on any atom is 0.419 e. The quantitative estimate of drug-likeness (QED) is 0.500. The minimum atomic E-state index is -4.74. The summed E-state index contributed by atoms with van der Waals surface area (Å²) in [7, 11) is 10.6. The number of alkyl halides is 3. The smallest absolute Gasteiger partial charge is 0.410 e. The molecule has 0 unspecified atom stereocenters. The van der Waals surface area contributed by atoms with Gasteiger partial charge >= 0.3 is 6.18 Å². The normalized spacial score (nSPS) is 13.2. The van der Waals surface area contributed by atoms with Crippen molar-refractivity contribution in [2.45, 2.75) is 6.18 Å². The molecule has 0 amide bonds. The van der Waals surface area contributed by atoms with E-state index >= 15 is 0 Å². The van der Waals surface area contributed by atoms with E-state index in [2.05, 4.69) is 0 Å². The minimum Gasteiger partial charge on any atom is -0.410 e. The molecule has 0 aliphatic heterocycles. The van der Waals surface area contributed by atoms with Crippen LogP contribution in [0.15, 0.2) is 23.3 Å². The zero-order valence-corrected chi connectivity index (χ0v) is 10.8. The van der Waals surface area contributed by atoms with Crippen LogP contribution in [0.25, 0.3) is 0 Å². The van der Waals surface area contributed by atoms with Crippen LogP contribution in [0, 0.1) is 0 Å². The maximum absolute atomic E-state index is 12.8. The molecule has 0 aliphatic rings. The van der Waals surface area contributed by atoms with Crippen LogP contribution in [0.5, 0.6) is 0 Å². The van der Waals surface area contributed by atoms with E-state index in [1.807, 2.05) is 0 Å². The zero-order valence-electron chi connectivity index (χ0n) is 9.30. The van der Waals surface area contributed by atoms with E-state index in [1.54, 1.807) is 0 Å². The van der Waals surface area contributed by atoms with E-state index in [4.69, 9.17) is 50.5 Å². The number of nitrogens with zero attached hydrogens (tertiary/aromatic N) is 1. The number of hydrogen-bond donors (Lipinski definition) is 2. The Labute approximate surface area is 120 Å². The van der Waals surface area contributed by atoms with Gasteiger partial charge < -0.3 is 5.73 Å². The molecule has 4 radical (unpaired) electrons. The van der Waals surface area contributed by atoms with Gasteiger partial charge in [-0.15, -0.1) is 0 Å². The average molecular weight is 306 g/mol. The van der Waals surface area contributed by atoms with Crippen LogP contribution in [-0.4, -0.2) is 15.7 Å². The van der Waals surface area contributed by atoms with Gasteiger partial charge in [-0.2, -0.15) is 13.2 Å². The first-order valence-electron chi connectivity index (χ1n) is 4.68. The van der Waals surface area contributed by atoms with Gasteiger partial charge in [0.1, 0.15) is 15.7 Å². The highest BCUT2D eigenvalue weighted by Gasteiger charge is 2.37. The molecule has 0 saturated carbocycles. The van der Waals surface area contributed by atoms with Crippen molar-refractivity contribution < 1.29 is 13.2 Å². The third kappa shape index (κ3) is 3.32. The first-order valence-corrected chi connectivity index (χ1v) is 5.43. The van der Waals surface area contributed by atoms with Crippen molar-refractivity contribution in [1.29, 1.82) is 0 Å². The summed E-state index contributed by atoms with van der Waals surface area (Å²) >= 11 is 11.1. The van der Waals surface area contributed by atoms with Crippen LogP contribution < -0.4 is 16.6 Å². The first kappa shape index (κ1) is 16.1. The van der Waals surface area contributed by atoms with Crippen molar-refractivity contribution in [2.24, 2.45) is 11.6 Å². The van der Waals surface area contributed by atoms with E-state index in [0.717, 1.165) is 12.1 Å². The predicted molar refractivity (Wildman–Crippen MR) is 70.9 cm³/mol. The Morgan fingerprint density at radius 2 is 1.74 bits per heavy atom. The van der Waals surface area contributed by atoms with Crippen molar-refractivity contribution >= 4 is 44.6 Å². The lowest BCUT2D eigenvalue weighted by Crippen LogP contribution is -2.33. The Bertz CT molecular complexity index is 530. The van der Waals surface area contributed by atoms with Crippen LogP contribution in [-0.2, 0) is 6.18 Å². The molecule has 4 N–H and O–H groups in total. The summed E-state index contributed by atoms with van der Waals surface area (Å²) in [5, 5.41) is -0.618. The third-order valence-corrected chi connectivity index (χ3v) is 2.87. The van der Waals surface area contributed by atoms with Crippen molar-refractivity contribution in [3.63, 3.8) is 0 Å². The summed E-state index contributed by atoms with van der Waals surface area (Å²) in [6.45, 7) is 0. The molecular formula is C9H6B2Cl2F3N3. The third-order valence-electron chi connectivity index (χ3n) is 2.17. The molecule has 0 bridgehead atoms. The summed E-state index contributed by atoms with van der Waals surface area (Å²) < 4.78 is 38.4. The molecule has 19 heavy (non-hydrogen) atoms. The fraction of sp³-hybridized carbons (Fsp3) is 0.111. The monoisotopic (exact) mass is 305 g/mol. The van der Waals surface area contributed by atoms with Gasteiger partial charge in [0.25, 0.3) is 0 Å². The number of hydrazine groups is 1. The van der Waals surface area contributed by atoms with Crippen LogP contribution in [0.3, 0.4) is 0 Å². The summed E-state index contributed by atoms with van der Waals surface area (Å²) in [6, 6.07) is 2.15. The van der Waals surface area contributed by atoms with Crippen molar-refractivity contribution in [3.8, 4) is 0 Å². The highest BCUT2D eigenvalue weighted by atomic mass is 35.5. The molecule has 0 saturated heterocycles. The standard InChI is InChI=1S/C9H6B2Cl2F3N3/c10-7(17)8(11)19(18)4-2-1-3(12)5(6(4)13)9(14,15)16/h1-2H,17-18H2/b8-7-. The van der Waals surface area contributed by atoms with Crippen LogP contribution >= 0.6 is 23.2 Å². The topological polar surface area (TPSA) is 55.3 Å². The SMILES string of the molecule is [B]/C(N)=C(\[B])N(N)c1ccc(Cl)c(C(F)(F)F)c1Cl. The van der Waals surface area contributed by atoms with E-state index < -0.39 is 21.8 Å².